The van der Waals surface area contributed by atoms with Gasteiger partial charge in [-0.05, 0) is 55.8 Å². The third kappa shape index (κ3) is 5.53. The van der Waals surface area contributed by atoms with Crippen molar-refractivity contribution in [3.8, 4) is 12.1 Å². The standard InChI is InChI=1S/C21H18F3N5O3/c1-11-16(8-7-15(10-26)17(11)21(22,23)24)27-18(12(2)30)20(32)29-28-19(31)14-5-3-13(9-25)4-6-14/h3-8,12,18,27,30H,1-2H3,(H,28,31)(H,29,32)/t12-,18-/m1/s1. The summed E-state index contributed by atoms with van der Waals surface area (Å²) in [7, 11) is 0. The van der Waals surface area contributed by atoms with Gasteiger partial charge in [0.15, 0.2) is 0 Å². The molecular formula is C21H18F3N5O3. The molecule has 0 heterocycles. The molecule has 11 heteroatoms. The second-order valence-electron chi connectivity index (χ2n) is 6.77. The van der Waals surface area contributed by atoms with E-state index >= 15 is 0 Å². The Kier molecular flexibility index (Phi) is 7.41. The van der Waals surface area contributed by atoms with E-state index in [1.807, 2.05) is 6.07 Å². The largest absolute Gasteiger partial charge is 0.418 e. The summed E-state index contributed by atoms with van der Waals surface area (Å²) in [5.41, 5.74) is 2.54. The molecule has 0 aliphatic heterocycles. The van der Waals surface area contributed by atoms with E-state index in [9.17, 15) is 27.9 Å². The first-order chi connectivity index (χ1) is 15.0. The number of rotatable bonds is 5. The van der Waals surface area contributed by atoms with Gasteiger partial charge in [-0.25, -0.2) is 0 Å². The zero-order valence-corrected chi connectivity index (χ0v) is 16.9. The molecule has 8 nitrogen and oxygen atoms in total. The maximum absolute atomic E-state index is 13.4. The van der Waals surface area contributed by atoms with Gasteiger partial charge >= 0.3 is 6.18 Å². The average Bonchev–Trinajstić information content (AvgIpc) is 2.74. The number of carbonyl (C=O) groups excluding carboxylic acids is 2. The zero-order valence-electron chi connectivity index (χ0n) is 16.9. The number of hydrogen-bond donors (Lipinski definition) is 4. The first-order valence-electron chi connectivity index (χ1n) is 9.15. The van der Waals surface area contributed by atoms with Gasteiger partial charge in [-0.3, -0.25) is 20.4 Å². The Bertz CT molecular complexity index is 1100. The summed E-state index contributed by atoms with van der Waals surface area (Å²) in [4.78, 5) is 24.6. The van der Waals surface area contributed by atoms with Gasteiger partial charge in [-0.15, -0.1) is 0 Å². The number of anilines is 1. The molecular weight excluding hydrogens is 427 g/mol. The Morgan fingerprint density at radius 3 is 2.16 bits per heavy atom. The van der Waals surface area contributed by atoms with Gasteiger partial charge in [0, 0.05) is 11.3 Å². The van der Waals surface area contributed by atoms with E-state index < -0.39 is 41.3 Å². The van der Waals surface area contributed by atoms with Crippen molar-refractivity contribution in [3.05, 3.63) is 64.2 Å². The highest BCUT2D eigenvalue weighted by atomic mass is 19.4. The van der Waals surface area contributed by atoms with E-state index in [1.165, 1.54) is 43.3 Å². The average molecular weight is 445 g/mol. The lowest BCUT2D eigenvalue weighted by atomic mass is 9.99. The summed E-state index contributed by atoms with van der Waals surface area (Å²) in [6, 6.07) is 9.64. The zero-order chi connectivity index (χ0) is 24.1. The van der Waals surface area contributed by atoms with Gasteiger partial charge < -0.3 is 10.4 Å². The summed E-state index contributed by atoms with van der Waals surface area (Å²) < 4.78 is 40.1. The van der Waals surface area contributed by atoms with Crippen molar-refractivity contribution in [2.75, 3.05) is 5.32 Å². The monoisotopic (exact) mass is 445 g/mol. The number of benzene rings is 2. The second-order valence-corrected chi connectivity index (χ2v) is 6.77. The smallest absolute Gasteiger partial charge is 0.391 e. The maximum atomic E-state index is 13.4. The highest BCUT2D eigenvalue weighted by Crippen LogP contribution is 2.37. The van der Waals surface area contributed by atoms with Crippen molar-refractivity contribution < 1.29 is 27.9 Å². The number of amides is 2. The number of hydrogen-bond acceptors (Lipinski definition) is 6. The molecule has 0 radical (unpaired) electrons. The molecule has 4 N–H and O–H groups in total. The van der Waals surface area contributed by atoms with Crippen LogP contribution < -0.4 is 16.2 Å². The number of aliphatic hydroxyl groups is 1. The van der Waals surface area contributed by atoms with Gasteiger partial charge in [0.1, 0.15) is 6.04 Å². The van der Waals surface area contributed by atoms with Crippen molar-refractivity contribution in [1.82, 2.24) is 10.9 Å². The third-order valence-electron chi connectivity index (χ3n) is 4.52. The molecule has 0 bridgehead atoms. The predicted octanol–water partition coefficient (Wildman–Crippen LogP) is 2.38. The minimum absolute atomic E-state index is 0.115. The molecule has 0 unspecified atom stereocenters. The van der Waals surface area contributed by atoms with Crippen molar-refractivity contribution in [3.63, 3.8) is 0 Å². The molecule has 0 saturated carbocycles. The number of halogens is 3. The molecule has 2 aromatic carbocycles. The maximum Gasteiger partial charge on any atom is 0.418 e. The predicted molar refractivity (Wildman–Crippen MR) is 107 cm³/mol. The summed E-state index contributed by atoms with van der Waals surface area (Å²) in [5.74, 6) is -1.62. The highest BCUT2D eigenvalue weighted by molar-refractivity contribution is 5.96. The van der Waals surface area contributed by atoms with Crippen LogP contribution >= 0.6 is 0 Å². The number of nitrogens with one attached hydrogen (secondary N) is 3. The van der Waals surface area contributed by atoms with Crippen LogP contribution in [-0.2, 0) is 11.0 Å². The lowest BCUT2D eigenvalue weighted by molar-refractivity contribution is -0.138. The molecule has 0 saturated heterocycles. The quantitative estimate of drug-likeness (QED) is 0.522. The van der Waals surface area contributed by atoms with Gasteiger partial charge in [0.05, 0.1) is 34.9 Å². The topological polar surface area (TPSA) is 138 Å². The first-order valence-corrected chi connectivity index (χ1v) is 9.15. The molecule has 2 aromatic rings. The van der Waals surface area contributed by atoms with Gasteiger partial charge in [-0.2, -0.15) is 23.7 Å². The number of aliphatic hydroxyl groups excluding tert-OH is 1. The minimum Gasteiger partial charge on any atom is -0.391 e. The van der Waals surface area contributed by atoms with Gasteiger partial charge in [-0.1, -0.05) is 0 Å². The molecule has 0 spiro atoms. The van der Waals surface area contributed by atoms with Crippen molar-refractivity contribution >= 4 is 17.5 Å². The van der Waals surface area contributed by atoms with E-state index in [4.69, 9.17) is 10.5 Å². The molecule has 32 heavy (non-hydrogen) atoms. The number of carbonyl (C=O) groups is 2. The number of nitrogens with zero attached hydrogens (tertiary/aromatic N) is 2. The fourth-order valence-corrected chi connectivity index (χ4v) is 2.86. The molecule has 2 rings (SSSR count). The van der Waals surface area contributed by atoms with Crippen LogP contribution in [0.3, 0.4) is 0 Å². The Morgan fingerprint density at radius 2 is 1.66 bits per heavy atom. The lowest BCUT2D eigenvalue weighted by Gasteiger charge is -2.24. The molecule has 2 amide bonds. The molecule has 0 fully saturated rings. The van der Waals surface area contributed by atoms with Crippen molar-refractivity contribution in [2.45, 2.75) is 32.2 Å². The fourth-order valence-electron chi connectivity index (χ4n) is 2.86. The number of nitriles is 2. The Morgan fingerprint density at radius 1 is 1.03 bits per heavy atom. The summed E-state index contributed by atoms with van der Waals surface area (Å²) in [6.07, 6.45) is -6.16. The van der Waals surface area contributed by atoms with Crippen LogP contribution in [0.25, 0.3) is 0 Å². The third-order valence-corrected chi connectivity index (χ3v) is 4.52. The van der Waals surface area contributed by atoms with Crippen LogP contribution in [0.1, 0.15) is 39.5 Å². The molecule has 166 valence electrons. The molecule has 0 aromatic heterocycles. The van der Waals surface area contributed by atoms with Crippen LogP contribution in [0.5, 0.6) is 0 Å². The highest BCUT2D eigenvalue weighted by Gasteiger charge is 2.37. The molecule has 0 aliphatic rings. The Hall–Kier alpha value is -4.09. The van der Waals surface area contributed by atoms with E-state index in [1.54, 1.807) is 0 Å². The Labute approximate surface area is 181 Å². The van der Waals surface area contributed by atoms with E-state index in [-0.39, 0.29) is 16.8 Å². The van der Waals surface area contributed by atoms with Crippen LogP contribution in [0.4, 0.5) is 18.9 Å². The van der Waals surface area contributed by atoms with Crippen molar-refractivity contribution in [2.24, 2.45) is 0 Å². The second kappa shape index (κ2) is 9.81. The first kappa shape index (κ1) is 24.2. The summed E-state index contributed by atoms with van der Waals surface area (Å²) in [5, 5.41) is 30.2. The van der Waals surface area contributed by atoms with Crippen LogP contribution in [0.2, 0.25) is 0 Å². The fraction of sp³-hybridized carbons (Fsp3) is 0.238. The van der Waals surface area contributed by atoms with Gasteiger partial charge in [0.2, 0.25) is 0 Å². The van der Waals surface area contributed by atoms with E-state index in [0.29, 0.717) is 5.56 Å². The summed E-state index contributed by atoms with van der Waals surface area (Å²) in [6.45, 7) is 2.37. The van der Waals surface area contributed by atoms with Gasteiger partial charge in [0.25, 0.3) is 11.8 Å². The molecule has 2 atom stereocenters. The number of hydrazine groups is 1. The number of alkyl halides is 3. The Balaban J connectivity index is 2.18. The van der Waals surface area contributed by atoms with Crippen LogP contribution in [0, 0.1) is 29.6 Å². The summed E-state index contributed by atoms with van der Waals surface area (Å²) >= 11 is 0. The molecule has 0 aliphatic carbocycles. The van der Waals surface area contributed by atoms with E-state index in [2.05, 4.69) is 16.2 Å². The van der Waals surface area contributed by atoms with Crippen LogP contribution in [0.15, 0.2) is 36.4 Å². The van der Waals surface area contributed by atoms with Crippen LogP contribution in [-0.4, -0.2) is 29.1 Å². The van der Waals surface area contributed by atoms with E-state index in [0.717, 1.165) is 13.0 Å². The SMILES string of the molecule is Cc1c(N[C@@H](C(=O)NNC(=O)c2ccc(C#N)cc2)[C@@H](C)O)ccc(C#N)c1C(F)(F)F. The normalized spacial score (nSPS) is 12.6. The van der Waals surface area contributed by atoms with Crippen molar-refractivity contribution in [1.29, 1.82) is 10.5 Å². The lowest BCUT2D eigenvalue weighted by Crippen LogP contribution is -2.52. The minimum atomic E-state index is -4.80.